The lowest BCUT2D eigenvalue weighted by atomic mass is 10.1. The van der Waals surface area contributed by atoms with Crippen LogP contribution in [0.5, 0.6) is 11.5 Å². The summed E-state index contributed by atoms with van der Waals surface area (Å²) in [5, 5.41) is 6.68. The van der Waals surface area contributed by atoms with E-state index in [2.05, 4.69) is 15.5 Å². The molecule has 0 saturated carbocycles. The summed E-state index contributed by atoms with van der Waals surface area (Å²) in [6, 6.07) is 12.9. The number of carbonyl (C=O) groups excluding carboxylic acids is 1. The standard InChI is InChI=1S/C19H17N3O4/c1-12-21-19(26-22-12)15-5-3-14(4-6-15)18(23)20-9-8-13-2-7-16-17(10-13)25-11-24-16/h2-7,10H,8-9,11H2,1H3,(H,20,23). The monoisotopic (exact) mass is 351 g/mol. The van der Waals surface area contributed by atoms with E-state index in [1.54, 1.807) is 31.2 Å². The smallest absolute Gasteiger partial charge is 0.257 e. The molecular weight excluding hydrogens is 334 g/mol. The lowest BCUT2D eigenvalue weighted by Crippen LogP contribution is -2.25. The van der Waals surface area contributed by atoms with Crippen LogP contribution < -0.4 is 14.8 Å². The molecule has 0 unspecified atom stereocenters. The number of hydrogen-bond acceptors (Lipinski definition) is 6. The molecule has 3 aromatic rings. The van der Waals surface area contributed by atoms with Gasteiger partial charge in [0, 0.05) is 17.7 Å². The van der Waals surface area contributed by atoms with E-state index in [0.29, 0.717) is 30.2 Å². The maximum absolute atomic E-state index is 12.3. The Morgan fingerprint density at radius 2 is 1.92 bits per heavy atom. The zero-order valence-corrected chi connectivity index (χ0v) is 14.2. The topological polar surface area (TPSA) is 86.5 Å². The second kappa shape index (κ2) is 6.87. The van der Waals surface area contributed by atoms with Crippen molar-refractivity contribution in [1.29, 1.82) is 0 Å². The number of benzene rings is 2. The molecule has 0 atom stereocenters. The van der Waals surface area contributed by atoms with Gasteiger partial charge in [-0.15, -0.1) is 0 Å². The first-order chi connectivity index (χ1) is 12.7. The molecule has 0 fully saturated rings. The van der Waals surface area contributed by atoms with Crippen molar-refractivity contribution in [3.63, 3.8) is 0 Å². The summed E-state index contributed by atoms with van der Waals surface area (Å²) in [6.45, 7) is 2.55. The maximum atomic E-state index is 12.3. The molecule has 0 saturated heterocycles. The Morgan fingerprint density at radius 1 is 1.12 bits per heavy atom. The predicted octanol–water partition coefficient (Wildman–Crippen LogP) is 2.75. The highest BCUT2D eigenvalue weighted by Crippen LogP contribution is 2.32. The number of fused-ring (bicyclic) bond motifs is 1. The molecule has 1 N–H and O–H groups in total. The SMILES string of the molecule is Cc1noc(-c2ccc(C(=O)NCCc3ccc4c(c3)OCO4)cc2)n1. The summed E-state index contributed by atoms with van der Waals surface area (Å²) in [5.41, 5.74) is 2.44. The van der Waals surface area contributed by atoms with Crippen LogP contribution in [-0.4, -0.2) is 29.4 Å². The highest BCUT2D eigenvalue weighted by Gasteiger charge is 2.13. The summed E-state index contributed by atoms with van der Waals surface area (Å²) < 4.78 is 15.8. The van der Waals surface area contributed by atoms with Crippen LogP contribution in [0.3, 0.4) is 0 Å². The van der Waals surface area contributed by atoms with E-state index >= 15 is 0 Å². The van der Waals surface area contributed by atoms with Crippen LogP contribution in [0.2, 0.25) is 0 Å². The fourth-order valence-electron chi connectivity index (χ4n) is 2.70. The lowest BCUT2D eigenvalue weighted by molar-refractivity contribution is 0.0954. The molecule has 26 heavy (non-hydrogen) atoms. The van der Waals surface area contributed by atoms with Gasteiger partial charge in [0.15, 0.2) is 17.3 Å². The van der Waals surface area contributed by atoms with Crippen LogP contribution in [0.1, 0.15) is 21.7 Å². The Hall–Kier alpha value is -3.35. The molecule has 2 heterocycles. The van der Waals surface area contributed by atoms with Crippen LogP contribution >= 0.6 is 0 Å². The molecule has 1 aliphatic rings. The van der Waals surface area contributed by atoms with Crippen molar-refractivity contribution in [2.45, 2.75) is 13.3 Å². The van der Waals surface area contributed by atoms with Crippen molar-refractivity contribution in [2.24, 2.45) is 0 Å². The Labute approximate surface area is 149 Å². The largest absolute Gasteiger partial charge is 0.454 e. The zero-order chi connectivity index (χ0) is 17.9. The molecule has 1 aliphatic heterocycles. The number of aromatic nitrogens is 2. The van der Waals surface area contributed by atoms with E-state index in [1.165, 1.54) is 0 Å². The molecule has 7 heteroatoms. The van der Waals surface area contributed by atoms with Crippen molar-refractivity contribution < 1.29 is 18.8 Å². The van der Waals surface area contributed by atoms with E-state index in [1.807, 2.05) is 18.2 Å². The first-order valence-corrected chi connectivity index (χ1v) is 8.26. The normalized spacial score (nSPS) is 12.2. The van der Waals surface area contributed by atoms with Crippen LogP contribution in [0, 0.1) is 6.92 Å². The van der Waals surface area contributed by atoms with E-state index in [-0.39, 0.29) is 12.7 Å². The fraction of sp³-hybridized carbons (Fsp3) is 0.211. The van der Waals surface area contributed by atoms with Gasteiger partial charge < -0.3 is 19.3 Å². The number of nitrogens with zero attached hydrogens (tertiary/aromatic N) is 2. The summed E-state index contributed by atoms with van der Waals surface area (Å²) in [5.74, 6) is 2.40. The Morgan fingerprint density at radius 3 is 2.69 bits per heavy atom. The van der Waals surface area contributed by atoms with Gasteiger partial charge in [0.2, 0.25) is 6.79 Å². The molecule has 4 rings (SSSR count). The second-order valence-corrected chi connectivity index (χ2v) is 5.92. The number of aryl methyl sites for hydroxylation is 1. The second-order valence-electron chi connectivity index (χ2n) is 5.92. The number of nitrogens with one attached hydrogen (secondary N) is 1. The number of amides is 1. The quantitative estimate of drug-likeness (QED) is 0.761. The Balaban J connectivity index is 1.33. The van der Waals surface area contributed by atoms with Crippen molar-refractivity contribution in [3.8, 4) is 23.0 Å². The number of rotatable bonds is 5. The molecule has 2 aromatic carbocycles. The van der Waals surface area contributed by atoms with Crippen LogP contribution in [-0.2, 0) is 6.42 Å². The minimum absolute atomic E-state index is 0.126. The van der Waals surface area contributed by atoms with Gasteiger partial charge in [0.05, 0.1) is 0 Å². The Kier molecular flexibility index (Phi) is 4.27. The van der Waals surface area contributed by atoms with Gasteiger partial charge in [0.1, 0.15) is 0 Å². The van der Waals surface area contributed by atoms with Crippen molar-refractivity contribution in [1.82, 2.24) is 15.5 Å². The average molecular weight is 351 g/mol. The van der Waals surface area contributed by atoms with Crippen LogP contribution in [0.25, 0.3) is 11.5 Å². The molecule has 0 spiro atoms. The molecule has 132 valence electrons. The third-order valence-corrected chi connectivity index (χ3v) is 4.06. The third kappa shape index (κ3) is 3.37. The van der Waals surface area contributed by atoms with E-state index in [4.69, 9.17) is 14.0 Å². The number of carbonyl (C=O) groups is 1. The van der Waals surface area contributed by atoms with E-state index in [0.717, 1.165) is 22.6 Å². The first-order valence-electron chi connectivity index (χ1n) is 8.26. The first kappa shape index (κ1) is 16.1. The zero-order valence-electron chi connectivity index (χ0n) is 14.2. The van der Waals surface area contributed by atoms with Gasteiger partial charge in [-0.25, -0.2) is 0 Å². The molecular formula is C19H17N3O4. The number of ether oxygens (including phenoxy) is 2. The molecule has 0 radical (unpaired) electrons. The average Bonchev–Trinajstić information content (AvgIpc) is 3.30. The summed E-state index contributed by atoms with van der Waals surface area (Å²) in [7, 11) is 0. The summed E-state index contributed by atoms with van der Waals surface area (Å²) in [4.78, 5) is 16.4. The van der Waals surface area contributed by atoms with Crippen molar-refractivity contribution in [2.75, 3.05) is 13.3 Å². The molecule has 1 amide bonds. The summed E-state index contributed by atoms with van der Waals surface area (Å²) in [6.07, 6.45) is 0.710. The fourth-order valence-corrected chi connectivity index (χ4v) is 2.70. The highest BCUT2D eigenvalue weighted by molar-refractivity contribution is 5.94. The van der Waals surface area contributed by atoms with E-state index < -0.39 is 0 Å². The highest BCUT2D eigenvalue weighted by atomic mass is 16.7. The van der Waals surface area contributed by atoms with Gasteiger partial charge in [-0.1, -0.05) is 11.2 Å². The maximum Gasteiger partial charge on any atom is 0.257 e. The lowest BCUT2D eigenvalue weighted by Gasteiger charge is -2.06. The Bertz CT molecular complexity index is 934. The number of hydrogen-bond donors (Lipinski definition) is 1. The van der Waals surface area contributed by atoms with Crippen LogP contribution in [0.4, 0.5) is 0 Å². The van der Waals surface area contributed by atoms with Crippen molar-refractivity contribution in [3.05, 3.63) is 59.4 Å². The van der Waals surface area contributed by atoms with Gasteiger partial charge in [0.25, 0.3) is 11.8 Å². The molecule has 1 aromatic heterocycles. The van der Waals surface area contributed by atoms with Gasteiger partial charge >= 0.3 is 0 Å². The summed E-state index contributed by atoms with van der Waals surface area (Å²) >= 11 is 0. The van der Waals surface area contributed by atoms with Gasteiger partial charge in [-0.3, -0.25) is 4.79 Å². The molecule has 0 aliphatic carbocycles. The van der Waals surface area contributed by atoms with Gasteiger partial charge in [-0.05, 0) is 55.3 Å². The van der Waals surface area contributed by atoms with E-state index in [9.17, 15) is 4.79 Å². The molecule has 0 bridgehead atoms. The third-order valence-electron chi connectivity index (χ3n) is 4.06. The molecule has 7 nitrogen and oxygen atoms in total. The predicted molar refractivity (Wildman–Crippen MR) is 93.1 cm³/mol. The van der Waals surface area contributed by atoms with Gasteiger partial charge in [-0.2, -0.15) is 4.98 Å². The van der Waals surface area contributed by atoms with Crippen LogP contribution in [0.15, 0.2) is 47.0 Å². The minimum atomic E-state index is -0.126. The van der Waals surface area contributed by atoms with Crippen molar-refractivity contribution >= 4 is 5.91 Å². The minimum Gasteiger partial charge on any atom is -0.454 e.